The minimum atomic E-state index is -0.444. The van der Waals surface area contributed by atoms with Crippen molar-refractivity contribution in [1.29, 1.82) is 0 Å². The maximum absolute atomic E-state index is 14.6. The van der Waals surface area contributed by atoms with Crippen molar-refractivity contribution < 1.29 is 13.9 Å². The van der Waals surface area contributed by atoms with Gasteiger partial charge in [-0.1, -0.05) is 51.4 Å². The normalized spacial score (nSPS) is 12.0. The maximum atomic E-state index is 14.6. The standard InChI is InChI=1S/C27H36ClFN4O2/c1-6-9-26(32-30-16-22-14-23(28)12-13-25(22)35-18-19(4)5)31-27(34)20-10-11-21(24(29)15-20)17-33(7-2)8-3/h6,9-15,19,30H,7-8,16-18H2,1-5H3,(H,31,32,34)/b9-6+. The Balaban J connectivity index is 2.08. The Morgan fingerprint density at radius 1 is 1.17 bits per heavy atom. The van der Waals surface area contributed by atoms with Gasteiger partial charge in [-0.25, -0.2) is 4.39 Å². The number of nitrogens with zero attached hydrogens (tertiary/aromatic N) is 2. The minimum Gasteiger partial charge on any atom is -0.493 e. The van der Waals surface area contributed by atoms with Crippen molar-refractivity contribution in [2.45, 2.75) is 47.7 Å². The van der Waals surface area contributed by atoms with E-state index in [1.54, 1.807) is 30.4 Å². The van der Waals surface area contributed by atoms with Crippen LogP contribution < -0.4 is 15.5 Å². The average molecular weight is 503 g/mol. The molecule has 2 N–H and O–H groups in total. The van der Waals surface area contributed by atoms with Crippen LogP contribution in [0.3, 0.4) is 0 Å². The molecule has 0 aliphatic heterocycles. The number of hydrogen-bond donors (Lipinski definition) is 2. The molecule has 0 unspecified atom stereocenters. The molecule has 0 saturated carbocycles. The molecule has 0 atom stereocenters. The smallest absolute Gasteiger partial charge is 0.256 e. The molecule has 1 amide bonds. The summed E-state index contributed by atoms with van der Waals surface area (Å²) in [5.41, 5.74) is 4.59. The summed E-state index contributed by atoms with van der Waals surface area (Å²) in [5, 5.41) is 7.61. The van der Waals surface area contributed by atoms with Crippen molar-refractivity contribution >= 4 is 23.3 Å². The van der Waals surface area contributed by atoms with Gasteiger partial charge < -0.3 is 15.5 Å². The molecule has 0 radical (unpaired) electrons. The topological polar surface area (TPSA) is 66.0 Å². The zero-order valence-corrected chi connectivity index (χ0v) is 22.0. The summed E-state index contributed by atoms with van der Waals surface area (Å²) in [7, 11) is 0. The fourth-order valence-corrected chi connectivity index (χ4v) is 3.45. The third-order valence-corrected chi connectivity index (χ3v) is 5.47. The number of halogens is 2. The number of ether oxygens (including phenoxy) is 1. The SMILES string of the molecule is C/C=C/C(=N\NCc1cc(Cl)ccc1OCC(C)C)NC(=O)c1ccc(CN(CC)CC)c(F)c1. The molecule has 35 heavy (non-hydrogen) atoms. The zero-order chi connectivity index (χ0) is 25.8. The summed E-state index contributed by atoms with van der Waals surface area (Å²) in [6.07, 6.45) is 3.41. The van der Waals surface area contributed by atoms with E-state index in [2.05, 4.69) is 34.6 Å². The van der Waals surface area contributed by atoms with Gasteiger partial charge in [-0.05, 0) is 62.3 Å². The van der Waals surface area contributed by atoms with E-state index in [9.17, 15) is 9.18 Å². The Bertz CT molecular complexity index is 1040. The Hall–Kier alpha value is -2.90. The van der Waals surface area contributed by atoms with Gasteiger partial charge in [0.15, 0.2) is 5.84 Å². The number of allylic oxidation sites excluding steroid dienone is 1. The molecular weight excluding hydrogens is 467 g/mol. The molecule has 0 heterocycles. The van der Waals surface area contributed by atoms with Gasteiger partial charge in [0, 0.05) is 28.3 Å². The first-order chi connectivity index (χ1) is 16.8. The van der Waals surface area contributed by atoms with Gasteiger partial charge in [-0.3, -0.25) is 9.69 Å². The number of amidine groups is 1. The molecule has 8 heteroatoms. The summed E-state index contributed by atoms with van der Waals surface area (Å²) < 4.78 is 20.5. The third-order valence-electron chi connectivity index (χ3n) is 5.23. The Kier molecular flexibility index (Phi) is 11.7. The van der Waals surface area contributed by atoms with E-state index in [-0.39, 0.29) is 5.56 Å². The van der Waals surface area contributed by atoms with E-state index < -0.39 is 11.7 Å². The molecule has 6 nitrogen and oxygen atoms in total. The van der Waals surface area contributed by atoms with Crippen LogP contribution in [0.1, 0.15) is 56.1 Å². The first-order valence-electron chi connectivity index (χ1n) is 11.9. The lowest BCUT2D eigenvalue weighted by atomic mass is 10.1. The Morgan fingerprint density at radius 3 is 2.54 bits per heavy atom. The summed E-state index contributed by atoms with van der Waals surface area (Å²) in [5.74, 6) is 0.569. The lowest BCUT2D eigenvalue weighted by molar-refractivity contribution is 0.0976. The predicted octanol–water partition coefficient (Wildman–Crippen LogP) is 5.76. The van der Waals surface area contributed by atoms with Crippen molar-refractivity contribution in [2.75, 3.05) is 19.7 Å². The van der Waals surface area contributed by atoms with Crippen LogP contribution in [-0.2, 0) is 13.1 Å². The Morgan fingerprint density at radius 2 is 1.91 bits per heavy atom. The lowest BCUT2D eigenvalue weighted by Crippen LogP contribution is -2.31. The van der Waals surface area contributed by atoms with Crippen molar-refractivity contribution in [3.05, 3.63) is 76.1 Å². The van der Waals surface area contributed by atoms with Gasteiger partial charge in [0.1, 0.15) is 11.6 Å². The fraction of sp³-hybridized carbons (Fsp3) is 0.407. The second-order valence-electron chi connectivity index (χ2n) is 8.51. The van der Waals surface area contributed by atoms with Crippen LogP contribution in [0.15, 0.2) is 53.7 Å². The molecule has 190 valence electrons. The summed E-state index contributed by atoms with van der Waals surface area (Å²) in [6.45, 7) is 13.1. The number of hydrogen-bond acceptors (Lipinski definition) is 5. The predicted molar refractivity (Wildman–Crippen MR) is 141 cm³/mol. The molecule has 0 saturated heterocycles. The van der Waals surface area contributed by atoms with Gasteiger partial charge in [-0.15, -0.1) is 0 Å². The van der Waals surface area contributed by atoms with Crippen LogP contribution >= 0.6 is 11.6 Å². The second-order valence-corrected chi connectivity index (χ2v) is 8.95. The van der Waals surface area contributed by atoms with Crippen LogP contribution in [0.4, 0.5) is 4.39 Å². The van der Waals surface area contributed by atoms with Crippen LogP contribution in [0, 0.1) is 11.7 Å². The number of carbonyl (C=O) groups excluding carboxylic acids is 1. The molecule has 2 rings (SSSR count). The lowest BCUT2D eigenvalue weighted by Gasteiger charge is -2.18. The number of nitrogens with one attached hydrogen (secondary N) is 2. The molecule has 0 aliphatic rings. The van der Waals surface area contributed by atoms with Gasteiger partial charge in [-0.2, -0.15) is 5.10 Å². The number of carbonyl (C=O) groups is 1. The fourth-order valence-electron chi connectivity index (χ4n) is 3.25. The highest BCUT2D eigenvalue weighted by Crippen LogP contribution is 2.23. The second kappa shape index (κ2) is 14.5. The summed E-state index contributed by atoms with van der Waals surface area (Å²) in [4.78, 5) is 14.9. The van der Waals surface area contributed by atoms with Crippen molar-refractivity contribution in [1.82, 2.24) is 15.6 Å². The van der Waals surface area contributed by atoms with Crippen LogP contribution in [0.2, 0.25) is 5.02 Å². The first kappa shape index (κ1) is 28.3. The van der Waals surface area contributed by atoms with Gasteiger partial charge in [0.05, 0.1) is 13.2 Å². The highest BCUT2D eigenvalue weighted by molar-refractivity contribution is 6.30. The van der Waals surface area contributed by atoms with Crippen LogP contribution in [0.25, 0.3) is 0 Å². The monoisotopic (exact) mass is 502 g/mol. The largest absolute Gasteiger partial charge is 0.493 e. The van der Waals surface area contributed by atoms with Gasteiger partial charge in [0.25, 0.3) is 5.91 Å². The Labute approximate surface area is 213 Å². The van der Waals surface area contributed by atoms with E-state index in [0.717, 1.165) is 24.4 Å². The average Bonchev–Trinajstić information content (AvgIpc) is 2.82. The summed E-state index contributed by atoms with van der Waals surface area (Å²) in [6, 6.07) is 9.98. The molecule has 0 bridgehead atoms. The van der Waals surface area contributed by atoms with E-state index >= 15 is 0 Å². The number of hydrazone groups is 1. The maximum Gasteiger partial charge on any atom is 0.256 e. The van der Waals surface area contributed by atoms with Crippen molar-refractivity contribution in [3.63, 3.8) is 0 Å². The van der Waals surface area contributed by atoms with Gasteiger partial charge in [0.2, 0.25) is 0 Å². The van der Waals surface area contributed by atoms with E-state index in [1.807, 2.05) is 32.9 Å². The van der Waals surface area contributed by atoms with E-state index in [1.165, 1.54) is 6.07 Å². The zero-order valence-electron chi connectivity index (χ0n) is 21.2. The van der Waals surface area contributed by atoms with Crippen molar-refractivity contribution in [2.24, 2.45) is 11.0 Å². The summed E-state index contributed by atoms with van der Waals surface area (Å²) >= 11 is 6.15. The molecule has 0 aromatic heterocycles. The number of amides is 1. The van der Waals surface area contributed by atoms with Gasteiger partial charge >= 0.3 is 0 Å². The van der Waals surface area contributed by atoms with Crippen LogP contribution in [-0.4, -0.2) is 36.3 Å². The first-order valence-corrected chi connectivity index (χ1v) is 12.3. The minimum absolute atomic E-state index is 0.224. The molecular formula is C27H36ClFN4O2. The van der Waals surface area contributed by atoms with E-state index in [0.29, 0.717) is 42.0 Å². The molecule has 2 aromatic rings. The molecule has 2 aromatic carbocycles. The van der Waals surface area contributed by atoms with Crippen molar-refractivity contribution in [3.8, 4) is 5.75 Å². The third kappa shape index (κ3) is 9.34. The molecule has 0 fully saturated rings. The highest BCUT2D eigenvalue weighted by atomic mass is 35.5. The number of rotatable bonds is 12. The van der Waals surface area contributed by atoms with Crippen LogP contribution in [0.5, 0.6) is 5.75 Å². The quantitative estimate of drug-likeness (QED) is 0.220. The van der Waals surface area contributed by atoms with E-state index in [4.69, 9.17) is 16.3 Å². The number of benzene rings is 2. The highest BCUT2D eigenvalue weighted by Gasteiger charge is 2.13. The molecule has 0 aliphatic carbocycles. The molecule has 0 spiro atoms.